The van der Waals surface area contributed by atoms with Crippen molar-refractivity contribution in [2.75, 3.05) is 77.7 Å². The maximum atomic E-state index is 13.0. The predicted octanol–water partition coefficient (Wildman–Crippen LogP) is 3.05. The summed E-state index contributed by atoms with van der Waals surface area (Å²) in [6, 6.07) is 9.36. The molecule has 66 heavy (non-hydrogen) atoms. The van der Waals surface area contributed by atoms with Gasteiger partial charge in [-0.2, -0.15) is 0 Å². The zero-order chi connectivity index (χ0) is 47.8. The number of Topliss-reactive ketones (excluding diaryl/α,β-unsaturated/α-hetero) is 2. The molecular formula is C49H73N7O10. The molecule has 4 amide bonds. The third-order valence-corrected chi connectivity index (χ3v) is 12.4. The lowest BCUT2D eigenvalue weighted by atomic mass is 9.95. The number of piperidine rings is 1. The molecule has 0 saturated carbocycles. The Morgan fingerprint density at radius 1 is 0.727 bits per heavy atom. The number of nitrogens with one attached hydrogen (secondary N) is 6. The molecule has 364 valence electrons. The van der Waals surface area contributed by atoms with Gasteiger partial charge in [-0.1, -0.05) is 41.5 Å². The average Bonchev–Trinajstić information content (AvgIpc) is 3.29. The van der Waals surface area contributed by atoms with Gasteiger partial charge in [-0.25, -0.2) is 0 Å². The van der Waals surface area contributed by atoms with Crippen LogP contribution in [0.2, 0.25) is 0 Å². The van der Waals surface area contributed by atoms with Gasteiger partial charge in [0.1, 0.15) is 31.0 Å². The number of ether oxygens (including phenoxy) is 3. The summed E-state index contributed by atoms with van der Waals surface area (Å²) in [5, 5.41) is 28.4. The Labute approximate surface area is 389 Å². The van der Waals surface area contributed by atoms with Crippen molar-refractivity contribution in [3.05, 3.63) is 59.2 Å². The molecule has 4 aliphatic rings. The van der Waals surface area contributed by atoms with E-state index in [-0.39, 0.29) is 71.9 Å². The molecule has 17 nitrogen and oxygen atoms in total. The van der Waals surface area contributed by atoms with E-state index in [2.05, 4.69) is 36.8 Å². The molecule has 7 N–H and O–H groups in total. The fourth-order valence-electron chi connectivity index (χ4n) is 8.48. The second-order valence-electron chi connectivity index (χ2n) is 19.1. The van der Waals surface area contributed by atoms with Crippen molar-refractivity contribution in [3.8, 4) is 5.75 Å². The first-order valence-electron chi connectivity index (χ1n) is 23.7. The summed E-state index contributed by atoms with van der Waals surface area (Å²) < 4.78 is 15.8. The van der Waals surface area contributed by atoms with Crippen LogP contribution in [-0.4, -0.2) is 142 Å². The summed E-state index contributed by atoms with van der Waals surface area (Å²) in [5.74, 6) is -0.797. The summed E-state index contributed by atoms with van der Waals surface area (Å²) >= 11 is 0. The second kappa shape index (κ2) is 25.8. The Bertz CT molecular complexity index is 1930. The van der Waals surface area contributed by atoms with E-state index in [0.29, 0.717) is 68.4 Å². The monoisotopic (exact) mass is 920 g/mol. The van der Waals surface area contributed by atoms with Crippen LogP contribution in [0.4, 0.5) is 5.69 Å². The number of nitrogens with zero attached hydrogens (tertiary/aromatic N) is 1. The Kier molecular flexibility index (Phi) is 20.4. The minimum Gasteiger partial charge on any atom is -0.508 e. The van der Waals surface area contributed by atoms with Gasteiger partial charge in [0.25, 0.3) is 11.8 Å². The highest BCUT2D eigenvalue weighted by molar-refractivity contribution is 6.00. The molecule has 17 heteroatoms. The average molecular weight is 920 g/mol. The van der Waals surface area contributed by atoms with Gasteiger partial charge in [0.05, 0.1) is 38.5 Å². The van der Waals surface area contributed by atoms with Crippen molar-refractivity contribution >= 4 is 40.9 Å². The molecular weight excluding hydrogens is 847 g/mol. The fraction of sp³-hybridized carbons (Fsp3) is 0.633. The second-order valence-corrected chi connectivity index (χ2v) is 19.1. The predicted molar refractivity (Wildman–Crippen MR) is 250 cm³/mol. The molecule has 6 rings (SSSR count). The van der Waals surface area contributed by atoms with E-state index in [0.717, 1.165) is 38.4 Å². The van der Waals surface area contributed by atoms with E-state index in [4.69, 9.17) is 14.2 Å². The number of phenols is 1. The maximum absolute atomic E-state index is 13.0. The molecule has 2 aromatic rings. The SMILES string of the molecule is CC(C)C[C@H](NC(=O)c1ccc(NCC2CCNCC2)cc1)C(=O)N[C@@H]1C(=O)COC[C@H]1C.CC(C)C[C@H](NC(=O)c1ccc(O)c(CN2CCOCC2)c1)C(=O)N[C@@H]1C(=O)COC[C@H]1C. The van der Waals surface area contributed by atoms with Crippen LogP contribution in [0.5, 0.6) is 5.75 Å². The number of aromatic hydroxyl groups is 1. The van der Waals surface area contributed by atoms with Crippen molar-refractivity contribution < 1.29 is 48.1 Å². The molecule has 0 bridgehead atoms. The third kappa shape index (κ3) is 16.1. The standard InChI is InChI=1S/C25H38N4O4.C24H35N3O6/c1-16(2)12-21(25(32)29-23-17(3)14-33-15-22(23)30)28-24(31)19-4-6-20(7-5-19)27-13-18-8-10-26-11-9-18;1-15(2)10-19(24(31)26-22-16(3)13-33-14-21(22)29)25-23(30)17-4-5-20(28)18(11-17)12-27-6-8-32-9-7-27/h4-7,16-18,21,23,26-27H,8-15H2,1-3H3,(H,28,31)(H,29,32);4-5,11,15-16,19,22,28H,6-10,12-14H2,1-3H3,(H,25,30)(H,26,31)/t17-,21+,23+;16-,19+,22+/m11/s1. The van der Waals surface area contributed by atoms with Crippen molar-refractivity contribution in [2.24, 2.45) is 29.6 Å². The number of carbonyl (C=O) groups excluding carboxylic acids is 6. The van der Waals surface area contributed by atoms with Crippen molar-refractivity contribution in [2.45, 2.75) is 97.9 Å². The molecule has 4 heterocycles. The van der Waals surface area contributed by atoms with Crippen molar-refractivity contribution in [1.82, 2.24) is 31.5 Å². The van der Waals surface area contributed by atoms with Gasteiger partial charge in [-0.15, -0.1) is 0 Å². The van der Waals surface area contributed by atoms with Crippen LogP contribution in [0.1, 0.15) is 93.5 Å². The number of hydrogen-bond acceptors (Lipinski definition) is 13. The van der Waals surface area contributed by atoms with Gasteiger partial charge in [0.15, 0.2) is 11.6 Å². The molecule has 0 aromatic heterocycles. The minimum absolute atomic E-state index is 0.00845. The van der Waals surface area contributed by atoms with E-state index in [1.165, 1.54) is 18.9 Å². The molecule has 0 unspecified atom stereocenters. The Hall–Kier alpha value is -4.94. The lowest BCUT2D eigenvalue weighted by molar-refractivity contribution is -0.137. The number of amides is 4. The van der Waals surface area contributed by atoms with E-state index >= 15 is 0 Å². The lowest BCUT2D eigenvalue weighted by Crippen LogP contribution is -2.56. The number of anilines is 1. The Balaban J connectivity index is 0.000000247. The quantitative estimate of drug-likeness (QED) is 0.121. The van der Waals surface area contributed by atoms with Crippen LogP contribution in [-0.2, 0) is 39.9 Å². The van der Waals surface area contributed by atoms with E-state index in [1.807, 2.05) is 53.7 Å². The van der Waals surface area contributed by atoms with Crippen molar-refractivity contribution in [3.63, 3.8) is 0 Å². The summed E-state index contributed by atoms with van der Waals surface area (Å²) in [7, 11) is 0. The normalized spacial score (nSPS) is 22.7. The number of rotatable bonds is 17. The van der Waals surface area contributed by atoms with Crippen LogP contribution in [0, 0.1) is 29.6 Å². The van der Waals surface area contributed by atoms with Gasteiger partial charge >= 0.3 is 0 Å². The zero-order valence-corrected chi connectivity index (χ0v) is 39.6. The van der Waals surface area contributed by atoms with Gasteiger partial charge < -0.3 is 51.2 Å². The first-order chi connectivity index (χ1) is 31.6. The number of hydrogen-bond donors (Lipinski definition) is 7. The number of morpholine rings is 1. The Morgan fingerprint density at radius 3 is 1.73 bits per heavy atom. The van der Waals surface area contributed by atoms with Gasteiger partial charge in [-0.05, 0) is 99.0 Å². The zero-order valence-electron chi connectivity index (χ0n) is 39.6. The van der Waals surface area contributed by atoms with Gasteiger partial charge in [0, 0.05) is 60.4 Å². The van der Waals surface area contributed by atoms with Crippen LogP contribution in [0.3, 0.4) is 0 Å². The molecule has 0 aliphatic carbocycles. The molecule has 0 radical (unpaired) electrons. The first-order valence-corrected chi connectivity index (χ1v) is 23.7. The molecule has 6 atom stereocenters. The summed E-state index contributed by atoms with van der Waals surface area (Å²) in [4.78, 5) is 78.4. The number of phenolic OH excluding ortho intramolecular Hbond substituents is 1. The van der Waals surface area contributed by atoms with Crippen LogP contribution in [0.25, 0.3) is 0 Å². The molecule has 4 fully saturated rings. The third-order valence-electron chi connectivity index (χ3n) is 12.4. The highest BCUT2D eigenvalue weighted by Crippen LogP contribution is 2.22. The maximum Gasteiger partial charge on any atom is 0.251 e. The highest BCUT2D eigenvalue weighted by atomic mass is 16.5. The van der Waals surface area contributed by atoms with Gasteiger partial charge in [-0.3, -0.25) is 33.7 Å². The minimum atomic E-state index is -0.781. The van der Waals surface area contributed by atoms with Crippen molar-refractivity contribution in [1.29, 1.82) is 0 Å². The van der Waals surface area contributed by atoms with Gasteiger partial charge in [0.2, 0.25) is 11.8 Å². The first kappa shape index (κ1) is 52.0. The smallest absolute Gasteiger partial charge is 0.251 e. The Morgan fingerprint density at radius 2 is 1.23 bits per heavy atom. The largest absolute Gasteiger partial charge is 0.508 e. The number of benzene rings is 2. The summed E-state index contributed by atoms with van der Waals surface area (Å²) in [6.45, 7) is 18.8. The van der Waals surface area contributed by atoms with E-state index in [9.17, 15) is 33.9 Å². The van der Waals surface area contributed by atoms with Crippen LogP contribution in [0.15, 0.2) is 42.5 Å². The topological polar surface area (TPSA) is 226 Å². The molecule has 4 aliphatic heterocycles. The lowest BCUT2D eigenvalue weighted by Gasteiger charge is -2.30. The molecule has 2 aromatic carbocycles. The van der Waals surface area contributed by atoms with Crippen LogP contribution >= 0.6 is 0 Å². The summed E-state index contributed by atoms with van der Waals surface area (Å²) in [6.07, 6.45) is 3.26. The number of carbonyl (C=O) groups is 6. The number of ketones is 2. The molecule has 4 saturated heterocycles. The van der Waals surface area contributed by atoms with Crippen LogP contribution < -0.4 is 31.9 Å². The highest BCUT2D eigenvalue weighted by Gasteiger charge is 2.35. The van der Waals surface area contributed by atoms with E-state index in [1.54, 1.807) is 24.3 Å². The van der Waals surface area contributed by atoms with E-state index < -0.39 is 30.1 Å². The molecule has 0 spiro atoms. The summed E-state index contributed by atoms with van der Waals surface area (Å²) in [5.41, 5.74) is 2.50. The fourth-order valence-corrected chi connectivity index (χ4v) is 8.48.